The van der Waals surface area contributed by atoms with Gasteiger partial charge in [-0.2, -0.15) is 0 Å². The molecule has 2 amide bonds. The Hall–Kier alpha value is -2.93. The number of amides is 2. The van der Waals surface area contributed by atoms with Gasteiger partial charge in [-0.3, -0.25) is 19.3 Å². The lowest BCUT2D eigenvalue weighted by molar-refractivity contribution is 0.0664. The molecule has 0 unspecified atom stereocenters. The highest BCUT2D eigenvalue weighted by Gasteiger charge is 2.34. The van der Waals surface area contributed by atoms with Crippen LogP contribution in [0.1, 0.15) is 31.1 Å². The normalized spacial score (nSPS) is 13.7. The predicted octanol–water partition coefficient (Wildman–Crippen LogP) is 3.44. The van der Waals surface area contributed by atoms with Crippen molar-refractivity contribution in [2.45, 2.75) is 0 Å². The SMILES string of the molecule is CN(C)C=C(SCCN1C(=O)c2ccccc2C1=O)C(=O)c1ccc(F)cc1. The lowest BCUT2D eigenvalue weighted by atomic mass is 10.1. The lowest BCUT2D eigenvalue weighted by Gasteiger charge is -2.15. The Kier molecular flexibility index (Phi) is 5.94. The van der Waals surface area contributed by atoms with Crippen LogP contribution in [0, 0.1) is 5.82 Å². The Morgan fingerprint density at radius 2 is 1.61 bits per heavy atom. The van der Waals surface area contributed by atoms with Crippen molar-refractivity contribution >= 4 is 29.4 Å². The van der Waals surface area contributed by atoms with Crippen molar-refractivity contribution < 1.29 is 18.8 Å². The van der Waals surface area contributed by atoms with Gasteiger partial charge in [0.25, 0.3) is 11.8 Å². The molecular weight excluding hydrogens is 379 g/mol. The number of hydrogen-bond donors (Lipinski definition) is 0. The molecule has 0 saturated heterocycles. The number of carbonyl (C=O) groups excluding carboxylic acids is 3. The van der Waals surface area contributed by atoms with Gasteiger partial charge in [0.15, 0.2) is 0 Å². The number of carbonyl (C=O) groups is 3. The first-order chi connectivity index (χ1) is 13.4. The van der Waals surface area contributed by atoms with Crippen LogP contribution in [-0.2, 0) is 0 Å². The van der Waals surface area contributed by atoms with Gasteiger partial charge in [0, 0.05) is 38.2 Å². The molecule has 0 atom stereocenters. The number of allylic oxidation sites excluding steroid dienone is 1. The minimum Gasteiger partial charge on any atom is -0.382 e. The topological polar surface area (TPSA) is 57.7 Å². The second kappa shape index (κ2) is 8.39. The van der Waals surface area contributed by atoms with Crippen LogP contribution < -0.4 is 0 Å². The summed E-state index contributed by atoms with van der Waals surface area (Å²) in [4.78, 5) is 41.0. The van der Waals surface area contributed by atoms with Gasteiger partial charge in [0.05, 0.1) is 16.0 Å². The predicted molar refractivity (Wildman–Crippen MR) is 107 cm³/mol. The maximum atomic E-state index is 13.1. The Morgan fingerprint density at radius 3 is 2.14 bits per heavy atom. The van der Waals surface area contributed by atoms with E-state index in [2.05, 4.69) is 0 Å². The maximum Gasteiger partial charge on any atom is 0.261 e. The van der Waals surface area contributed by atoms with Crippen LogP contribution in [0.4, 0.5) is 4.39 Å². The van der Waals surface area contributed by atoms with Crippen LogP contribution in [-0.4, -0.2) is 53.8 Å². The summed E-state index contributed by atoms with van der Waals surface area (Å²) in [5.41, 5.74) is 1.19. The highest BCUT2D eigenvalue weighted by Crippen LogP contribution is 2.25. The van der Waals surface area contributed by atoms with Crippen molar-refractivity contribution in [3.8, 4) is 0 Å². The Labute approximate surface area is 166 Å². The maximum absolute atomic E-state index is 13.1. The molecule has 0 aliphatic carbocycles. The summed E-state index contributed by atoms with van der Waals surface area (Å²) >= 11 is 1.26. The van der Waals surface area contributed by atoms with E-state index in [0.717, 1.165) is 0 Å². The van der Waals surface area contributed by atoms with E-state index < -0.39 is 5.82 Å². The summed E-state index contributed by atoms with van der Waals surface area (Å²) in [7, 11) is 3.59. The van der Waals surface area contributed by atoms with Gasteiger partial charge in [-0.15, -0.1) is 11.8 Å². The fourth-order valence-corrected chi connectivity index (χ4v) is 3.86. The molecule has 1 aliphatic rings. The molecule has 28 heavy (non-hydrogen) atoms. The molecule has 5 nitrogen and oxygen atoms in total. The van der Waals surface area contributed by atoms with Crippen molar-refractivity contribution in [3.05, 3.63) is 82.1 Å². The number of rotatable bonds is 7. The van der Waals surface area contributed by atoms with Crippen LogP contribution in [0.2, 0.25) is 0 Å². The Bertz CT molecular complexity index is 919. The average molecular weight is 398 g/mol. The quantitative estimate of drug-likeness (QED) is 0.406. The molecule has 2 aromatic carbocycles. The third-order valence-electron chi connectivity index (χ3n) is 4.16. The van der Waals surface area contributed by atoms with Crippen molar-refractivity contribution in [1.29, 1.82) is 0 Å². The van der Waals surface area contributed by atoms with Crippen molar-refractivity contribution in [2.24, 2.45) is 0 Å². The summed E-state index contributed by atoms with van der Waals surface area (Å²) in [6.45, 7) is 0.193. The van der Waals surface area contributed by atoms with Gasteiger partial charge in [-0.05, 0) is 36.4 Å². The van der Waals surface area contributed by atoms with E-state index in [4.69, 9.17) is 0 Å². The van der Waals surface area contributed by atoms with Gasteiger partial charge in [0.2, 0.25) is 5.78 Å². The molecule has 0 fully saturated rings. The number of thioether (sulfide) groups is 1. The second-order valence-corrected chi connectivity index (χ2v) is 7.59. The van der Waals surface area contributed by atoms with Crippen LogP contribution in [0.5, 0.6) is 0 Å². The largest absolute Gasteiger partial charge is 0.382 e. The molecule has 2 aromatic rings. The zero-order valence-corrected chi connectivity index (χ0v) is 16.3. The smallest absolute Gasteiger partial charge is 0.261 e. The highest BCUT2D eigenvalue weighted by molar-refractivity contribution is 8.04. The molecule has 3 rings (SSSR count). The fourth-order valence-electron chi connectivity index (χ4n) is 2.83. The molecule has 7 heteroatoms. The number of ketones is 1. The van der Waals surface area contributed by atoms with E-state index in [0.29, 0.717) is 27.3 Å². The first-order valence-corrected chi connectivity index (χ1v) is 9.63. The molecule has 0 radical (unpaired) electrons. The van der Waals surface area contributed by atoms with Crippen LogP contribution >= 0.6 is 11.8 Å². The Balaban J connectivity index is 1.69. The van der Waals surface area contributed by atoms with Gasteiger partial charge >= 0.3 is 0 Å². The highest BCUT2D eigenvalue weighted by atomic mass is 32.2. The number of benzene rings is 2. The number of imide groups is 1. The molecule has 0 saturated carbocycles. The number of Topliss-reactive ketones (excluding diaryl/α,β-unsaturated/α-hetero) is 1. The van der Waals surface area contributed by atoms with E-state index in [1.807, 2.05) is 0 Å². The third-order valence-corrected chi connectivity index (χ3v) is 5.14. The zero-order valence-electron chi connectivity index (χ0n) is 15.5. The van der Waals surface area contributed by atoms with Gasteiger partial charge in [0.1, 0.15) is 5.82 Å². The molecular formula is C21H19FN2O3S. The molecule has 0 spiro atoms. The Morgan fingerprint density at radius 1 is 1.04 bits per heavy atom. The van der Waals surface area contributed by atoms with Gasteiger partial charge in [-0.25, -0.2) is 4.39 Å². The van der Waals surface area contributed by atoms with E-state index in [1.165, 1.54) is 40.9 Å². The summed E-state index contributed by atoms with van der Waals surface area (Å²) in [5, 5.41) is 0. The monoisotopic (exact) mass is 398 g/mol. The number of halogens is 1. The molecule has 0 bridgehead atoms. The van der Waals surface area contributed by atoms with Crippen LogP contribution in [0.3, 0.4) is 0 Å². The van der Waals surface area contributed by atoms with E-state index in [9.17, 15) is 18.8 Å². The number of hydrogen-bond acceptors (Lipinski definition) is 5. The summed E-state index contributed by atoms with van der Waals surface area (Å²) in [6.07, 6.45) is 1.68. The summed E-state index contributed by atoms with van der Waals surface area (Å²) < 4.78 is 13.1. The van der Waals surface area contributed by atoms with Crippen LogP contribution in [0.25, 0.3) is 0 Å². The second-order valence-electron chi connectivity index (χ2n) is 6.45. The fraction of sp³-hybridized carbons (Fsp3) is 0.190. The van der Waals surface area contributed by atoms with Crippen LogP contribution in [0.15, 0.2) is 59.6 Å². The molecule has 0 N–H and O–H groups in total. The molecule has 1 heterocycles. The standard InChI is InChI=1S/C21H19FN2O3S/c1-23(2)13-18(19(25)14-7-9-15(22)10-8-14)28-12-11-24-20(26)16-5-3-4-6-17(16)21(24)27/h3-10,13H,11-12H2,1-2H3. The van der Waals surface area contributed by atoms with Gasteiger partial charge in [-0.1, -0.05) is 12.1 Å². The molecule has 0 aromatic heterocycles. The third kappa shape index (κ3) is 4.14. The van der Waals surface area contributed by atoms with E-state index in [-0.39, 0.29) is 24.1 Å². The number of nitrogens with zero attached hydrogens (tertiary/aromatic N) is 2. The van der Waals surface area contributed by atoms with Crippen molar-refractivity contribution in [3.63, 3.8) is 0 Å². The first-order valence-electron chi connectivity index (χ1n) is 8.65. The van der Waals surface area contributed by atoms with Gasteiger partial charge < -0.3 is 4.90 Å². The number of fused-ring (bicyclic) bond motifs is 1. The summed E-state index contributed by atoms with van der Waals surface area (Å²) in [6, 6.07) is 12.1. The van der Waals surface area contributed by atoms with Crippen molar-refractivity contribution in [1.82, 2.24) is 9.80 Å². The van der Waals surface area contributed by atoms with E-state index in [1.54, 1.807) is 49.5 Å². The minimum atomic E-state index is -0.409. The lowest BCUT2D eigenvalue weighted by Crippen LogP contribution is -2.32. The first kappa shape index (κ1) is 19.8. The molecule has 144 valence electrons. The zero-order chi connectivity index (χ0) is 20.3. The molecule has 1 aliphatic heterocycles. The van der Waals surface area contributed by atoms with E-state index >= 15 is 0 Å². The van der Waals surface area contributed by atoms with Crippen molar-refractivity contribution in [2.75, 3.05) is 26.4 Å². The average Bonchev–Trinajstić information content (AvgIpc) is 2.92. The minimum absolute atomic E-state index is 0.193. The summed E-state index contributed by atoms with van der Waals surface area (Å²) in [5.74, 6) is -0.902.